The van der Waals surface area contributed by atoms with Gasteiger partial charge in [0.15, 0.2) is 6.10 Å². The molecule has 0 aromatic heterocycles. The Balaban J connectivity index is 1.34. The highest BCUT2D eigenvalue weighted by Gasteiger charge is 2.18. The number of nitrogens with one attached hydrogen (secondary N) is 1. The number of benzene rings is 3. The van der Waals surface area contributed by atoms with Crippen molar-refractivity contribution in [3.8, 4) is 5.75 Å². The smallest absolute Gasteiger partial charge is 0.261 e. The molecule has 29 heavy (non-hydrogen) atoms. The summed E-state index contributed by atoms with van der Waals surface area (Å²) in [5, 5.41) is 5.29. The molecule has 4 heteroatoms. The molecular formula is C25H28N2O2. The van der Waals surface area contributed by atoms with Crippen molar-refractivity contribution in [1.82, 2.24) is 5.32 Å². The van der Waals surface area contributed by atoms with Crippen LogP contribution in [0.2, 0.25) is 0 Å². The Bertz CT molecular complexity index is 962. The van der Waals surface area contributed by atoms with Gasteiger partial charge in [-0.05, 0) is 59.9 Å². The van der Waals surface area contributed by atoms with Crippen LogP contribution in [0.4, 0.5) is 5.69 Å². The van der Waals surface area contributed by atoms with Crippen LogP contribution in [0.3, 0.4) is 0 Å². The van der Waals surface area contributed by atoms with Crippen LogP contribution in [0.1, 0.15) is 31.7 Å². The zero-order chi connectivity index (χ0) is 20.1. The Labute approximate surface area is 172 Å². The highest BCUT2D eigenvalue weighted by atomic mass is 16.5. The van der Waals surface area contributed by atoms with E-state index in [0.717, 1.165) is 35.2 Å². The van der Waals surface area contributed by atoms with Crippen molar-refractivity contribution >= 4 is 22.4 Å². The second-order valence-corrected chi connectivity index (χ2v) is 7.60. The van der Waals surface area contributed by atoms with Crippen LogP contribution < -0.4 is 15.0 Å². The molecule has 1 aliphatic rings. The summed E-state index contributed by atoms with van der Waals surface area (Å²) in [5.74, 6) is 0.643. The van der Waals surface area contributed by atoms with Gasteiger partial charge in [-0.3, -0.25) is 4.79 Å². The number of nitrogens with zero attached hydrogens (tertiary/aromatic N) is 1. The van der Waals surface area contributed by atoms with Crippen molar-refractivity contribution in [2.24, 2.45) is 0 Å². The number of hydrogen-bond donors (Lipinski definition) is 1. The van der Waals surface area contributed by atoms with Crippen molar-refractivity contribution < 1.29 is 9.53 Å². The lowest BCUT2D eigenvalue weighted by molar-refractivity contribution is -0.128. The molecule has 0 spiro atoms. The number of fused-ring (bicyclic) bond motifs is 1. The number of ether oxygens (including phenoxy) is 1. The molecule has 3 aromatic rings. The lowest BCUT2D eigenvalue weighted by Crippen LogP contribution is -2.37. The molecular weight excluding hydrogens is 360 g/mol. The summed E-state index contributed by atoms with van der Waals surface area (Å²) in [6, 6.07) is 22.6. The van der Waals surface area contributed by atoms with E-state index in [4.69, 9.17) is 4.74 Å². The Morgan fingerprint density at radius 2 is 1.72 bits per heavy atom. The van der Waals surface area contributed by atoms with E-state index in [0.29, 0.717) is 13.0 Å². The summed E-state index contributed by atoms with van der Waals surface area (Å²) in [4.78, 5) is 15.1. The van der Waals surface area contributed by atoms with Gasteiger partial charge in [0, 0.05) is 25.3 Å². The number of rotatable bonds is 7. The van der Waals surface area contributed by atoms with Gasteiger partial charge in [0.1, 0.15) is 5.75 Å². The second-order valence-electron chi connectivity index (χ2n) is 7.60. The Kier molecular flexibility index (Phi) is 5.99. The fraction of sp³-hybridized carbons (Fsp3) is 0.320. The van der Waals surface area contributed by atoms with E-state index in [9.17, 15) is 4.79 Å². The van der Waals surface area contributed by atoms with Crippen LogP contribution in [-0.4, -0.2) is 25.1 Å². The SMILES string of the molecule is CCC(Oc1ccc2ccccc2c1)C(=O)NCc1ccc(N2CCCC2)cc1. The van der Waals surface area contributed by atoms with Crippen molar-refractivity contribution in [2.75, 3.05) is 18.0 Å². The Morgan fingerprint density at radius 3 is 2.45 bits per heavy atom. The molecule has 1 amide bonds. The predicted molar refractivity (Wildman–Crippen MR) is 118 cm³/mol. The molecule has 1 atom stereocenters. The normalized spacial score (nSPS) is 14.7. The van der Waals surface area contributed by atoms with Crippen LogP contribution in [0.5, 0.6) is 5.75 Å². The summed E-state index contributed by atoms with van der Waals surface area (Å²) in [6.07, 6.45) is 2.66. The number of anilines is 1. The summed E-state index contributed by atoms with van der Waals surface area (Å²) < 4.78 is 5.99. The summed E-state index contributed by atoms with van der Waals surface area (Å²) >= 11 is 0. The first-order valence-corrected chi connectivity index (χ1v) is 10.5. The second kappa shape index (κ2) is 8.99. The molecule has 0 aliphatic carbocycles. The first-order valence-electron chi connectivity index (χ1n) is 10.5. The lowest BCUT2D eigenvalue weighted by Gasteiger charge is -2.19. The molecule has 4 rings (SSSR count). The van der Waals surface area contributed by atoms with Gasteiger partial charge in [0.2, 0.25) is 0 Å². The van der Waals surface area contributed by atoms with Crippen LogP contribution in [0.25, 0.3) is 10.8 Å². The van der Waals surface area contributed by atoms with Crippen LogP contribution >= 0.6 is 0 Å². The summed E-state index contributed by atoms with van der Waals surface area (Å²) in [7, 11) is 0. The van der Waals surface area contributed by atoms with E-state index in [1.165, 1.54) is 18.5 Å². The van der Waals surface area contributed by atoms with Gasteiger partial charge in [-0.25, -0.2) is 0 Å². The third kappa shape index (κ3) is 4.70. The zero-order valence-corrected chi connectivity index (χ0v) is 16.9. The van der Waals surface area contributed by atoms with Gasteiger partial charge < -0.3 is 15.0 Å². The molecule has 0 radical (unpaired) electrons. The van der Waals surface area contributed by atoms with Gasteiger partial charge in [-0.1, -0.05) is 49.4 Å². The molecule has 1 unspecified atom stereocenters. The molecule has 1 saturated heterocycles. The average Bonchev–Trinajstić information content (AvgIpc) is 3.31. The third-order valence-electron chi connectivity index (χ3n) is 5.54. The number of carbonyl (C=O) groups excluding carboxylic acids is 1. The summed E-state index contributed by atoms with van der Waals surface area (Å²) in [6.45, 7) is 4.76. The average molecular weight is 389 g/mol. The van der Waals surface area contributed by atoms with Crippen molar-refractivity contribution in [3.05, 3.63) is 72.3 Å². The fourth-order valence-electron chi connectivity index (χ4n) is 3.83. The van der Waals surface area contributed by atoms with E-state index < -0.39 is 6.10 Å². The van der Waals surface area contributed by atoms with E-state index in [1.54, 1.807) is 0 Å². The van der Waals surface area contributed by atoms with Crippen LogP contribution in [0.15, 0.2) is 66.7 Å². The molecule has 1 N–H and O–H groups in total. The Hall–Kier alpha value is -3.01. The minimum Gasteiger partial charge on any atom is -0.481 e. The van der Waals surface area contributed by atoms with Gasteiger partial charge in [0.05, 0.1) is 0 Å². The van der Waals surface area contributed by atoms with Crippen molar-refractivity contribution in [3.63, 3.8) is 0 Å². The number of amides is 1. The summed E-state index contributed by atoms with van der Waals surface area (Å²) in [5.41, 5.74) is 2.37. The molecule has 3 aromatic carbocycles. The highest BCUT2D eigenvalue weighted by Crippen LogP contribution is 2.22. The topological polar surface area (TPSA) is 41.6 Å². The molecule has 150 valence electrons. The Morgan fingerprint density at radius 1 is 1.00 bits per heavy atom. The predicted octanol–water partition coefficient (Wildman–Crippen LogP) is 4.91. The molecule has 0 bridgehead atoms. The lowest BCUT2D eigenvalue weighted by atomic mass is 10.1. The first kappa shape index (κ1) is 19.3. The van der Waals surface area contributed by atoms with E-state index in [1.807, 2.05) is 37.3 Å². The minimum absolute atomic E-state index is 0.0794. The molecule has 4 nitrogen and oxygen atoms in total. The molecule has 1 fully saturated rings. The maximum Gasteiger partial charge on any atom is 0.261 e. The number of carbonyl (C=O) groups is 1. The van der Waals surface area contributed by atoms with Gasteiger partial charge in [0.25, 0.3) is 5.91 Å². The zero-order valence-electron chi connectivity index (χ0n) is 16.9. The third-order valence-corrected chi connectivity index (χ3v) is 5.54. The fourth-order valence-corrected chi connectivity index (χ4v) is 3.83. The van der Waals surface area contributed by atoms with Crippen LogP contribution in [-0.2, 0) is 11.3 Å². The largest absolute Gasteiger partial charge is 0.481 e. The van der Waals surface area contributed by atoms with Gasteiger partial charge in [-0.15, -0.1) is 0 Å². The molecule has 1 aliphatic heterocycles. The van der Waals surface area contributed by atoms with E-state index >= 15 is 0 Å². The minimum atomic E-state index is -0.500. The monoisotopic (exact) mass is 388 g/mol. The molecule has 0 saturated carbocycles. The van der Waals surface area contributed by atoms with Gasteiger partial charge in [-0.2, -0.15) is 0 Å². The molecule has 1 heterocycles. The maximum absolute atomic E-state index is 12.6. The van der Waals surface area contributed by atoms with E-state index in [2.05, 4.69) is 46.6 Å². The standard InChI is InChI=1S/C25H28N2O2/c1-2-24(29-23-14-11-20-7-3-4-8-21(20)17-23)25(28)26-18-19-9-12-22(13-10-19)27-15-5-6-16-27/h3-4,7-14,17,24H,2,5-6,15-16,18H2,1H3,(H,26,28). The first-order chi connectivity index (χ1) is 14.2. The number of hydrogen-bond acceptors (Lipinski definition) is 3. The van der Waals surface area contributed by atoms with Crippen molar-refractivity contribution in [1.29, 1.82) is 0 Å². The van der Waals surface area contributed by atoms with Crippen molar-refractivity contribution in [2.45, 2.75) is 38.8 Å². The highest BCUT2D eigenvalue weighted by molar-refractivity contribution is 5.84. The van der Waals surface area contributed by atoms with Crippen LogP contribution in [0, 0.1) is 0 Å². The van der Waals surface area contributed by atoms with Gasteiger partial charge >= 0.3 is 0 Å². The van der Waals surface area contributed by atoms with E-state index in [-0.39, 0.29) is 5.91 Å². The quantitative estimate of drug-likeness (QED) is 0.625. The maximum atomic E-state index is 12.6.